The molecule has 0 aromatic carbocycles. The molecule has 3 heteroatoms. The Morgan fingerprint density at radius 3 is 1.83 bits per heavy atom. The van der Waals surface area contributed by atoms with E-state index in [0.717, 1.165) is 5.54 Å². The lowest BCUT2D eigenvalue weighted by molar-refractivity contribution is 1.46. The number of hydrogen-bond acceptors (Lipinski definition) is 0. The second kappa shape index (κ2) is 1.72. The van der Waals surface area contributed by atoms with E-state index in [1.807, 2.05) is 0 Å². The van der Waals surface area contributed by atoms with E-state index in [0.29, 0.717) is 0 Å². The van der Waals surface area contributed by atoms with E-state index >= 15 is 0 Å². The van der Waals surface area contributed by atoms with Crippen molar-refractivity contribution in [1.82, 2.24) is 0 Å². The van der Waals surface area contributed by atoms with Crippen molar-refractivity contribution in [1.29, 1.82) is 0 Å². The topological polar surface area (TPSA) is 0 Å². The highest BCUT2D eigenvalue weighted by Gasteiger charge is 2.29. The van der Waals surface area contributed by atoms with Crippen LogP contribution >= 0.6 is 22.2 Å². The first kappa shape index (κ1) is 4.94. The van der Waals surface area contributed by atoms with Gasteiger partial charge in [0.2, 0.25) is 7.42 Å². The third kappa shape index (κ3) is 1.14. The van der Waals surface area contributed by atoms with Crippen molar-refractivity contribution in [2.24, 2.45) is 0 Å². The van der Waals surface area contributed by atoms with Crippen LogP contribution in [-0.2, 0) is 0 Å². The Bertz CT molecular complexity index is 50.8. The Labute approximate surface area is 48.5 Å². The van der Waals surface area contributed by atoms with Crippen LogP contribution in [0.5, 0.6) is 0 Å². The minimum Gasteiger partial charge on any atom is -0.150 e. The highest BCUT2D eigenvalue weighted by Crippen LogP contribution is 2.41. The van der Waals surface area contributed by atoms with Gasteiger partial charge in [0.1, 0.15) is 0 Å². The molecule has 36 valence electrons. The number of hydrogen-bond donors (Lipinski definition) is 0. The molecule has 0 saturated heterocycles. The van der Waals surface area contributed by atoms with Crippen molar-refractivity contribution >= 4 is 29.6 Å². The summed E-state index contributed by atoms with van der Waals surface area (Å²) in [6.45, 7) is 0. The van der Waals surface area contributed by atoms with Gasteiger partial charge >= 0.3 is 0 Å². The van der Waals surface area contributed by atoms with E-state index in [1.165, 1.54) is 12.8 Å². The molecule has 0 aliphatic heterocycles. The zero-order chi connectivity index (χ0) is 4.57. The highest BCUT2D eigenvalue weighted by atomic mass is 35.7. The van der Waals surface area contributed by atoms with E-state index in [2.05, 4.69) is 0 Å². The van der Waals surface area contributed by atoms with Gasteiger partial charge in [0.05, 0.1) is 0 Å². The number of rotatable bonds is 1. The van der Waals surface area contributed by atoms with Crippen molar-refractivity contribution in [2.75, 3.05) is 0 Å². The summed E-state index contributed by atoms with van der Waals surface area (Å²) < 4.78 is 0. The molecule has 0 aromatic heterocycles. The third-order valence-corrected chi connectivity index (χ3v) is 4.50. The predicted octanol–water partition coefficient (Wildman–Crippen LogP) is 1.85. The van der Waals surface area contributed by atoms with Gasteiger partial charge in [-0.15, -0.1) is 0 Å². The third-order valence-electron chi connectivity index (χ3n) is 0.978. The van der Waals surface area contributed by atoms with Gasteiger partial charge in [0, 0.05) is 0 Å². The summed E-state index contributed by atoms with van der Waals surface area (Å²) in [5, 5.41) is 0. The predicted molar refractivity (Wildman–Crippen MR) is 31.8 cm³/mol. The summed E-state index contributed by atoms with van der Waals surface area (Å²) in [5.41, 5.74) is 0.772. The molecular weight excluding hydrogens is 135 g/mol. The van der Waals surface area contributed by atoms with Crippen LogP contribution in [0.2, 0.25) is 5.54 Å². The minimum atomic E-state index is -1.19. The van der Waals surface area contributed by atoms with Crippen LogP contribution in [0, 0.1) is 0 Å². The van der Waals surface area contributed by atoms with Crippen molar-refractivity contribution in [2.45, 2.75) is 18.4 Å². The molecule has 1 aliphatic rings. The lowest BCUT2D eigenvalue weighted by Gasteiger charge is -1.84. The van der Waals surface area contributed by atoms with E-state index in [-0.39, 0.29) is 0 Å². The summed E-state index contributed by atoms with van der Waals surface area (Å²) in [7, 11) is -1.19. The lowest BCUT2D eigenvalue weighted by atomic mass is 11.0. The van der Waals surface area contributed by atoms with Crippen LogP contribution in [-0.4, -0.2) is 7.42 Å². The van der Waals surface area contributed by atoms with Crippen LogP contribution in [0.25, 0.3) is 0 Å². The fourth-order valence-electron chi connectivity index (χ4n) is 0.348. The Hall–Kier alpha value is 0.797. The van der Waals surface area contributed by atoms with Crippen LogP contribution in [0.1, 0.15) is 12.8 Å². The van der Waals surface area contributed by atoms with E-state index in [9.17, 15) is 0 Å². The van der Waals surface area contributed by atoms with Crippen molar-refractivity contribution in [3.05, 3.63) is 0 Å². The molecule has 0 heterocycles. The minimum absolute atomic E-state index is 0.772. The lowest BCUT2D eigenvalue weighted by Crippen LogP contribution is -1.87. The second-order valence-electron chi connectivity index (χ2n) is 1.67. The first-order chi connectivity index (χ1) is 2.80. The van der Waals surface area contributed by atoms with Gasteiger partial charge in [0.15, 0.2) is 0 Å². The van der Waals surface area contributed by atoms with Gasteiger partial charge in [-0.3, -0.25) is 0 Å². The van der Waals surface area contributed by atoms with Gasteiger partial charge in [0.25, 0.3) is 0 Å². The highest BCUT2D eigenvalue weighted by molar-refractivity contribution is 7.34. The van der Waals surface area contributed by atoms with Gasteiger partial charge in [-0.1, -0.05) is 12.8 Å². The maximum absolute atomic E-state index is 5.58. The molecule has 0 atom stereocenters. The van der Waals surface area contributed by atoms with Gasteiger partial charge in [-0.05, 0) is 5.54 Å². The fraction of sp³-hybridized carbons (Fsp3) is 1.00. The first-order valence-electron chi connectivity index (χ1n) is 2.09. The van der Waals surface area contributed by atoms with Crippen LogP contribution < -0.4 is 0 Å². The molecule has 0 N–H and O–H groups in total. The Morgan fingerprint density at radius 2 is 1.83 bits per heavy atom. The molecule has 0 aromatic rings. The van der Waals surface area contributed by atoms with Crippen molar-refractivity contribution in [3.63, 3.8) is 0 Å². The van der Waals surface area contributed by atoms with Crippen LogP contribution in [0.4, 0.5) is 0 Å². The zero-order valence-corrected chi connectivity index (χ0v) is 5.99. The van der Waals surface area contributed by atoms with E-state index in [1.54, 1.807) is 0 Å². The first-order valence-corrected chi connectivity index (χ1v) is 6.24. The van der Waals surface area contributed by atoms with E-state index < -0.39 is 7.42 Å². The van der Waals surface area contributed by atoms with Gasteiger partial charge in [-0.2, -0.15) is 22.2 Å². The normalized spacial score (nSPS) is 22.5. The van der Waals surface area contributed by atoms with Crippen molar-refractivity contribution < 1.29 is 0 Å². The van der Waals surface area contributed by atoms with Gasteiger partial charge in [-0.25, -0.2) is 0 Å². The molecular formula is C3H6Cl2Si. The maximum atomic E-state index is 5.58. The van der Waals surface area contributed by atoms with Crippen molar-refractivity contribution in [3.8, 4) is 0 Å². The summed E-state index contributed by atoms with van der Waals surface area (Å²) in [6.07, 6.45) is 2.59. The molecule has 6 heavy (non-hydrogen) atoms. The SMILES string of the molecule is Cl[SiH](Cl)C1CC1. The standard InChI is InChI=1S/C3H6Cl2Si/c4-6(5)3-1-2-3/h3,6H,1-2H2. The molecule has 1 saturated carbocycles. The molecule has 0 spiro atoms. The van der Waals surface area contributed by atoms with Crippen LogP contribution in [0.3, 0.4) is 0 Å². The Balaban J connectivity index is 2.13. The summed E-state index contributed by atoms with van der Waals surface area (Å²) in [6, 6.07) is 0. The summed E-state index contributed by atoms with van der Waals surface area (Å²) in [4.78, 5) is 0. The number of halogens is 2. The fourth-order valence-corrected chi connectivity index (χ4v) is 2.56. The smallest absolute Gasteiger partial charge is 0.150 e. The van der Waals surface area contributed by atoms with Crippen LogP contribution in [0.15, 0.2) is 0 Å². The van der Waals surface area contributed by atoms with Gasteiger partial charge < -0.3 is 0 Å². The Kier molecular flexibility index (Phi) is 1.42. The molecule has 1 rings (SSSR count). The molecule has 0 amide bonds. The second-order valence-corrected chi connectivity index (χ2v) is 6.77. The average Bonchev–Trinajstić information content (AvgIpc) is 2.06. The summed E-state index contributed by atoms with van der Waals surface area (Å²) >= 11 is 11.2. The molecule has 0 bridgehead atoms. The molecule has 0 nitrogen and oxygen atoms in total. The largest absolute Gasteiger partial charge is 0.240 e. The molecule has 0 radical (unpaired) electrons. The molecule has 1 fully saturated rings. The average molecular weight is 141 g/mol. The summed E-state index contributed by atoms with van der Waals surface area (Å²) in [5.74, 6) is 0. The monoisotopic (exact) mass is 140 g/mol. The zero-order valence-electron chi connectivity index (χ0n) is 3.32. The molecule has 0 unspecified atom stereocenters. The van der Waals surface area contributed by atoms with E-state index in [4.69, 9.17) is 22.2 Å². The maximum Gasteiger partial charge on any atom is 0.240 e. The molecule has 1 aliphatic carbocycles. The Morgan fingerprint density at radius 1 is 1.33 bits per heavy atom. The quantitative estimate of drug-likeness (QED) is 0.386.